The van der Waals surface area contributed by atoms with Gasteiger partial charge >= 0.3 is 0 Å². The number of rotatable bonds is 4. The third-order valence-corrected chi connectivity index (χ3v) is 5.02. The summed E-state index contributed by atoms with van der Waals surface area (Å²) >= 11 is 0. The van der Waals surface area contributed by atoms with E-state index in [-0.39, 0.29) is 0 Å². The van der Waals surface area contributed by atoms with Crippen LogP contribution in [0.15, 0.2) is 54.1 Å². The van der Waals surface area contributed by atoms with Crippen molar-refractivity contribution in [1.29, 1.82) is 0 Å². The summed E-state index contributed by atoms with van der Waals surface area (Å²) in [7, 11) is 1.68. The second-order valence-electron chi connectivity index (χ2n) is 6.83. The van der Waals surface area contributed by atoms with Gasteiger partial charge in [-0.3, -0.25) is 4.79 Å². The standard InChI is InChI=1S/C21H23NO.C3H8O.C2H6/c1-16-7-3-5-9-19(16)21(20-10-6-4-8-17(20)2)18-11-13-22(15-23)14-12-18;1-3-4-2;1-2/h3-10,15H,11-14H2,1-2H3;3H2,1-2H3;1-2H3. The number of carbonyl (C=O) groups excluding carboxylic acids is 1. The number of benzene rings is 2. The lowest BCUT2D eigenvalue weighted by Crippen LogP contribution is -2.29. The van der Waals surface area contributed by atoms with Crippen LogP contribution in [0.4, 0.5) is 0 Å². The number of hydrogen-bond donors (Lipinski definition) is 0. The zero-order valence-electron chi connectivity index (χ0n) is 19.0. The Morgan fingerprint density at radius 3 is 1.69 bits per heavy atom. The highest BCUT2D eigenvalue weighted by Crippen LogP contribution is 2.35. The van der Waals surface area contributed by atoms with Crippen molar-refractivity contribution in [2.24, 2.45) is 0 Å². The van der Waals surface area contributed by atoms with Gasteiger partial charge in [0, 0.05) is 26.8 Å². The Kier molecular flexibility index (Phi) is 11.7. The van der Waals surface area contributed by atoms with E-state index in [1.54, 1.807) is 7.11 Å². The van der Waals surface area contributed by atoms with Crippen LogP contribution in [0.1, 0.15) is 55.9 Å². The molecule has 0 aromatic heterocycles. The Morgan fingerprint density at radius 1 is 0.931 bits per heavy atom. The highest BCUT2D eigenvalue weighted by Gasteiger charge is 2.19. The van der Waals surface area contributed by atoms with Crippen LogP contribution in [-0.2, 0) is 9.53 Å². The molecule has 2 aromatic rings. The van der Waals surface area contributed by atoms with E-state index in [2.05, 4.69) is 67.1 Å². The predicted octanol–water partition coefficient (Wildman–Crippen LogP) is 6.04. The molecule has 0 spiro atoms. The van der Waals surface area contributed by atoms with E-state index in [0.717, 1.165) is 38.9 Å². The summed E-state index contributed by atoms with van der Waals surface area (Å²) in [4.78, 5) is 12.9. The first kappa shape index (κ1) is 24.6. The smallest absolute Gasteiger partial charge is 0.209 e. The summed E-state index contributed by atoms with van der Waals surface area (Å²) in [5.74, 6) is 0. The van der Waals surface area contributed by atoms with Gasteiger partial charge in [-0.25, -0.2) is 0 Å². The third kappa shape index (κ3) is 7.17. The minimum Gasteiger partial charge on any atom is -0.385 e. The first-order valence-electron chi connectivity index (χ1n) is 10.6. The van der Waals surface area contributed by atoms with E-state index >= 15 is 0 Å². The van der Waals surface area contributed by atoms with Gasteiger partial charge in [0.1, 0.15) is 0 Å². The molecule has 0 bridgehead atoms. The molecular formula is C26H37NO2. The first-order valence-corrected chi connectivity index (χ1v) is 10.6. The zero-order chi connectivity index (χ0) is 21.6. The van der Waals surface area contributed by atoms with Crippen LogP contribution >= 0.6 is 0 Å². The summed E-state index contributed by atoms with van der Waals surface area (Å²) in [5.41, 5.74) is 8.07. The quantitative estimate of drug-likeness (QED) is 0.591. The molecule has 158 valence electrons. The lowest BCUT2D eigenvalue weighted by atomic mass is 9.85. The van der Waals surface area contributed by atoms with Gasteiger partial charge in [-0.1, -0.05) is 68.0 Å². The number of aryl methyl sites for hydroxylation is 2. The van der Waals surface area contributed by atoms with Crippen molar-refractivity contribution in [2.45, 2.75) is 47.5 Å². The molecule has 1 aliphatic rings. The van der Waals surface area contributed by atoms with Gasteiger partial charge in [0.2, 0.25) is 6.41 Å². The highest BCUT2D eigenvalue weighted by molar-refractivity contribution is 5.85. The Balaban J connectivity index is 0.000000627. The van der Waals surface area contributed by atoms with E-state index < -0.39 is 0 Å². The van der Waals surface area contributed by atoms with E-state index in [9.17, 15) is 4.79 Å². The molecule has 3 nitrogen and oxygen atoms in total. The van der Waals surface area contributed by atoms with Gasteiger partial charge in [0.25, 0.3) is 0 Å². The Labute approximate surface area is 177 Å². The summed E-state index contributed by atoms with van der Waals surface area (Å²) in [6.07, 6.45) is 2.88. The van der Waals surface area contributed by atoms with Crippen molar-refractivity contribution in [3.05, 3.63) is 76.4 Å². The maximum atomic E-state index is 11.0. The molecule has 1 amide bonds. The van der Waals surface area contributed by atoms with Gasteiger partial charge in [-0.15, -0.1) is 0 Å². The highest BCUT2D eigenvalue weighted by atomic mass is 16.5. The van der Waals surface area contributed by atoms with Crippen LogP contribution in [0.2, 0.25) is 0 Å². The molecule has 0 aliphatic carbocycles. The zero-order valence-corrected chi connectivity index (χ0v) is 19.0. The molecule has 3 rings (SSSR count). The first-order chi connectivity index (χ1) is 14.1. The minimum atomic E-state index is 0.819. The van der Waals surface area contributed by atoms with Crippen molar-refractivity contribution in [2.75, 3.05) is 26.8 Å². The van der Waals surface area contributed by atoms with Crippen molar-refractivity contribution in [3.63, 3.8) is 0 Å². The SMILES string of the molecule is CC.CCOC.Cc1ccccc1C(=C1CCN(C=O)CC1)c1ccccc1C. The van der Waals surface area contributed by atoms with Crippen molar-refractivity contribution in [1.82, 2.24) is 4.90 Å². The lowest BCUT2D eigenvalue weighted by Gasteiger charge is -2.28. The Bertz CT molecular complexity index is 720. The van der Waals surface area contributed by atoms with E-state index in [4.69, 9.17) is 0 Å². The Hall–Kier alpha value is -2.39. The van der Waals surface area contributed by atoms with Crippen LogP contribution in [0.3, 0.4) is 0 Å². The molecule has 0 saturated carbocycles. The Morgan fingerprint density at radius 2 is 1.34 bits per heavy atom. The number of hydrogen-bond acceptors (Lipinski definition) is 2. The molecule has 2 aromatic carbocycles. The average Bonchev–Trinajstić information content (AvgIpc) is 2.78. The van der Waals surface area contributed by atoms with Crippen molar-refractivity contribution in [3.8, 4) is 0 Å². The van der Waals surface area contributed by atoms with Gasteiger partial charge in [-0.05, 0) is 61.4 Å². The second kappa shape index (κ2) is 13.7. The van der Waals surface area contributed by atoms with Crippen LogP contribution in [0.25, 0.3) is 5.57 Å². The molecule has 1 heterocycles. The second-order valence-corrected chi connectivity index (χ2v) is 6.83. The molecule has 0 atom stereocenters. The minimum absolute atomic E-state index is 0.819. The molecule has 1 aliphatic heterocycles. The van der Waals surface area contributed by atoms with Gasteiger partial charge in [-0.2, -0.15) is 0 Å². The molecule has 3 heteroatoms. The van der Waals surface area contributed by atoms with E-state index in [1.807, 2.05) is 25.7 Å². The molecule has 0 N–H and O–H groups in total. The number of amides is 1. The molecule has 29 heavy (non-hydrogen) atoms. The number of nitrogens with zero attached hydrogens (tertiary/aromatic N) is 1. The fraction of sp³-hybridized carbons (Fsp3) is 0.423. The molecule has 1 saturated heterocycles. The number of carbonyl (C=O) groups is 1. The van der Waals surface area contributed by atoms with Gasteiger partial charge in [0.05, 0.1) is 0 Å². The summed E-state index contributed by atoms with van der Waals surface area (Å²) in [6, 6.07) is 17.2. The number of methoxy groups -OCH3 is 1. The fourth-order valence-electron chi connectivity index (χ4n) is 3.38. The van der Waals surface area contributed by atoms with Crippen LogP contribution in [0, 0.1) is 13.8 Å². The maximum Gasteiger partial charge on any atom is 0.209 e. The van der Waals surface area contributed by atoms with Crippen LogP contribution in [0.5, 0.6) is 0 Å². The lowest BCUT2D eigenvalue weighted by molar-refractivity contribution is -0.118. The molecule has 1 fully saturated rings. The van der Waals surface area contributed by atoms with E-state index in [1.165, 1.54) is 33.4 Å². The number of likely N-dealkylation sites (tertiary alicyclic amines) is 1. The fourth-order valence-corrected chi connectivity index (χ4v) is 3.38. The topological polar surface area (TPSA) is 29.5 Å². The predicted molar refractivity (Wildman–Crippen MR) is 124 cm³/mol. The number of piperidine rings is 1. The summed E-state index contributed by atoms with van der Waals surface area (Å²) in [6.45, 7) is 12.8. The van der Waals surface area contributed by atoms with Gasteiger partial charge in [0.15, 0.2) is 0 Å². The van der Waals surface area contributed by atoms with Crippen molar-refractivity contribution >= 4 is 12.0 Å². The monoisotopic (exact) mass is 395 g/mol. The van der Waals surface area contributed by atoms with Crippen LogP contribution in [-0.4, -0.2) is 38.1 Å². The third-order valence-electron chi connectivity index (χ3n) is 5.02. The van der Waals surface area contributed by atoms with Gasteiger partial charge < -0.3 is 9.64 Å². The number of ether oxygens (including phenoxy) is 1. The molecule has 0 unspecified atom stereocenters. The van der Waals surface area contributed by atoms with Crippen molar-refractivity contribution < 1.29 is 9.53 Å². The average molecular weight is 396 g/mol. The van der Waals surface area contributed by atoms with Crippen LogP contribution < -0.4 is 0 Å². The normalized spacial score (nSPS) is 12.9. The summed E-state index contributed by atoms with van der Waals surface area (Å²) in [5, 5.41) is 0. The van der Waals surface area contributed by atoms with E-state index in [0.29, 0.717) is 0 Å². The summed E-state index contributed by atoms with van der Waals surface area (Å²) < 4.78 is 4.54. The molecular weight excluding hydrogens is 358 g/mol. The largest absolute Gasteiger partial charge is 0.385 e. The molecule has 0 radical (unpaired) electrons. The maximum absolute atomic E-state index is 11.0.